The molecule has 1 heterocycles. The van der Waals surface area contributed by atoms with E-state index >= 15 is 0 Å². The van der Waals surface area contributed by atoms with E-state index in [1.165, 1.54) is 0 Å². The molecule has 3 N–H and O–H groups in total. The van der Waals surface area contributed by atoms with E-state index in [1.54, 1.807) is 69.3 Å². The van der Waals surface area contributed by atoms with Crippen molar-refractivity contribution in [2.24, 2.45) is 0 Å². The molecule has 4 rings (SSSR count). The number of amides is 2. The third kappa shape index (κ3) is 5.89. The first-order valence-corrected chi connectivity index (χ1v) is 12.0. The third-order valence-corrected chi connectivity index (χ3v) is 6.10. The van der Waals surface area contributed by atoms with E-state index in [0.717, 1.165) is 5.56 Å². The Labute approximate surface area is 219 Å². The number of benzene rings is 3. The molecule has 9 nitrogen and oxygen atoms in total. The van der Waals surface area contributed by atoms with Gasteiger partial charge >= 0.3 is 12.1 Å². The number of carbonyl (C=O) groups is 3. The van der Waals surface area contributed by atoms with Crippen LogP contribution in [0.2, 0.25) is 0 Å². The molecule has 0 bridgehead atoms. The average molecular weight is 514 g/mol. The Balaban J connectivity index is 1.47. The van der Waals surface area contributed by atoms with E-state index in [4.69, 9.17) is 9.26 Å². The van der Waals surface area contributed by atoms with Gasteiger partial charge in [0, 0.05) is 16.8 Å². The van der Waals surface area contributed by atoms with Gasteiger partial charge in [-0.05, 0) is 50.1 Å². The fourth-order valence-corrected chi connectivity index (χ4v) is 3.89. The number of rotatable bonds is 8. The predicted molar refractivity (Wildman–Crippen MR) is 142 cm³/mol. The molecule has 1 aromatic heterocycles. The Morgan fingerprint density at radius 2 is 1.55 bits per heavy atom. The maximum atomic E-state index is 12.9. The molecule has 2 unspecified atom stereocenters. The van der Waals surface area contributed by atoms with Crippen LogP contribution in [0.1, 0.15) is 53.0 Å². The lowest BCUT2D eigenvalue weighted by Crippen LogP contribution is -2.17. The molecule has 0 aliphatic heterocycles. The van der Waals surface area contributed by atoms with E-state index in [2.05, 4.69) is 15.8 Å². The van der Waals surface area contributed by atoms with Crippen molar-refractivity contribution in [2.45, 2.75) is 32.8 Å². The number of nitrogens with one attached hydrogen (secondary N) is 2. The zero-order valence-electron chi connectivity index (χ0n) is 21.1. The van der Waals surface area contributed by atoms with Gasteiger partial charge in [-0.1, -0.05) is 65.8 Å². The van der Waals surface area contributed by atoms with Crippen LogP contribution in [-0.4, -0.2) is 28.2 Å². The second-order valence-electron chi connectivity index (χ2n) is 8.73. The summed E-state index contributed by atoms with van der Waals surface area (Å²) in [6, 6.07) is 22.7. The Morgan fingerprint density at radius 1 is 0.895 bits per heavy atom. The number of anilines is 2. The highest BCUT2D eigenvalue weighted by molar-refractivity contribution is 6.05. The number of carboxylic acids is 1. The molecule has 0 aliphatic carbocycles. The van der Waals surface area contributed by atoms with Crippen molar-refractivity contribution in [1.82, 2.24) is 5.16 Å². The number of hydrogen-bond acceptors (Lipinski definition) is 6. The van der Waals surface area contributed by atoms with Gasteiger partial charge < -0.3 is 19.7 Å². The molecule has 2 amide bonds. The van der Waals surface area contributed by atoms with Crippen molar-refractivity contribution in [3.05, 3.63) is 101 Å². The summed E-state index contributed by atoms with van der Waals surface area (Å²) >= 11 is 0. The number of carboxylic acid groups (broad SMARTS) is 1. The summed E-state index contributed by atoms with van der Waals surface area (Å²) in [5.41, 5.74) is 3.57. The second kappa shape index (κ2) is 11.4. The van der Waals surface area contributed by atoms with Crippen LogP contribution in [0.4, 0.5) is 16.2 Å². The van der Waals surface area contributed by atoms with Crippen molar-refractivity contribution in [1.29, 1.82) is 0 Å². The van der Waals surface area contributed by atoms with Crippen LogP contribution in [0.5, 0.6) is 0 Å². The van der Waals surface area contributed by atoms with Crippen molar-refractivity contribution < 1.29 is 28.8 Å². The molecule has 3 aromatic carbocycles. The van der Waals surface area contributed by atoms with Crippen molar-refractivity contribution in [2.75, 3.05) is 10.6 Å². The minimum atomic E-state index is -0.985. The van der Waals surface area contributed by atoms with Crippen LogP contribution in [0.3, 0.4) is 0 Å². The van der Waals surface area contributed by atoms with Crippen LogP contribution in [0, 0.1) is 6.92 Å². The van der Waals surface area contributed by atoms with Crippen molar-refractivity contribution >= 4 is 29.3 Å². The number of nitrogens with zero attached hydrogens (tertiary/aromatic N) is 1. The molecular formula is C29H27N3O6. The minimum absolute atomic E-state index is 0.319. The van der Waals surface area contributed by atoms with Gasteiger partial charge in [-0.2, -0.15) is 0 Å². The highest BCUT2D eigenvalue weighted by Crippen LogP contribution is 2.32. The Morgan fingerprint density at radius 3 is 2.24 bits per heavy atom. The van der Waals surface area contributed by atoms with Crippen LogP contribution < -0.4 is 10.6 Å². The largest absolute Gasteiger partial charge is 0.481 e. The molecular weight excluding hydrogens is 486 g/mol. The number of aryl methyl sites for hydroxylation is 1. The van der Waals surface area contributed by atoms with Crippen LogP contribution in [0.15, 0.2) is 83.4 Å². The number of ether oxygens (including phenoxy) is 1. The molecule has 0 aliphatic rings. The molecule has 4 aromatic rings. The van der Waals surface area contributed by atoms with Gasteiger partial charge in [-0.15, -0.1) is 0 Å². The maximum Gasteiger partial charge on any atom is 0.412 e. The molecule has 0 spiro atoms. The summed E-state index contributed by atoms with van der Waals surface area (Å²) in [6.07, 6.45) is -1.11. The number of aliphatic carboxylic acids is 1. The highest BCUT2D eigenvalue weighted by Gasteiger charge is 2.21. The van der Waals surface area contributed by atoms with Gasteiger partial charge in [0.15, 0.2) is 5.76 Å². The van der Waals surface area contributed by atoms with E-state index in [-0.39, 0.29) is 0 Å². The Bertz CT molecular complexity index is 1450. The van der Waals surface area contributed by atoms with Crippen molar-refractivity contribution in [3.63, 3.8) is 0 Å². The Kier molecular flexibility index (Phi) is 7.86. The summed E-state index contributed by atoms with van der Waals surface area (Å²) in [5, 5.41) is 18.8. The zero-order valence-corrected chi connectivity index (χ0v) is 21.1. The van der Waals surface area contributed by atoms with E-state index < -0.39 is 30.0 Å². The smallest absolute Gasteiger partial charge is 0.412 e. The lowest BCUT2D eigenvalue weighted by Gasteiger charge is -2.14. The summed E-state index contributed by atoms with van der Waals surface area (Å²) in [7, 11) is 0. The Hall–Kier alpha value is -4.92. The third-order valence-electron chi connectivity index (χ3n) is 6.10. The number of aromatic nitrogens is 1. The predicted octanol–water partition coefficient (Wildman–Crippen LogP) is 6.40. The zero-order chi connectivity index (χ0) is 27.2. The van der Waals surface area contributed by atoms with Crippen LogP contribution in [-0.2, 0) is 9.53 Å². The molecule has 194 valence electrons. The second-order valence-corrected chi connectivity index (χ2v) is 8.73. The molecule has 0 radical (unpaired) electrons. The lowest BCUT2D eigenvalue weighted by atomic mass is 9.99. The minimum Gasteiger partial charge on any atom is -0.481 e. The van der Waals surface area contributed by atoms with Gasteiger partial charge in [0.25, 0.3) is 5.91 Å². The van der Waals surface area contributed by atoms with E-state index in [0.29, 0.717) is 39.5 Å². The number of hydrogen-bond donors (Lipinski definition) is 3. The molecule has 0 saturated heterocycles. The van der Waals surface area contributed by atoms with Crippen LogP contribution in [0.25, 0.3) is 11.3 Å². The fourth-order valence-electron chi connectivity index (χ4n) is 3.89. The first-order chi connectivity index (χ1) is 18.2. The summed E-state index contributed by atoms with van der Waals surface area (Å²) < 4.78 is 11.0. The fraction of sp³-hybridized carbons (Fsp3) is 0.172. The van der Waals surface area contributed by atoms with Gasteiger partial charge in [0.1, 0.15) is 17.5 Å². The first-order valence-electron chi connectivity index (χ1n) is 12.0. The standard InChI is InChI=1S/C29H27N3O6/c1-17(28(34)35)23-11-7-8-12-24(23)30-27(33)22-15-13-21(14-16-22)26-25(18(2)32-38-26)31-29(36)37-19(3)20-9-5-4-6-10-20/h4-17,19H,1-3H3,(H,30,33)(H,31,36)(H,34,35). The van der Waals surface area contributed by atoms with Gasteiger partial charge in [0.2, 0.25) is 0 Å². The van der Waals surface area contributed by atoms with Crippen LogP contribution >= 0.6 is 0 Å². The summed E-state index contributed by atoms with van der Waals surface area (Å²) in [6.45, 7) is 5.03. The molecule has 0 saturated carbocycles. The van der Waals surface area contributed by atoms with Gasteiger partial charge in [-0.25, -0.2) is 4.79 Å². The topological polar surface area (TPSA) is 131 Å². The van der Waals surface area contributed by atoms with Gasteiger partial charge in [0.05, 0.1) is 5.92 Å². The normalized spacial score (nSPS) is 12.3. The van der Waals surface area contributed by atoms with Crippen molar-refractivity contribution in [3.8, 4) is 11.3 Å². The molecule has 9 heteroatoms. The quantitative estimate of drug-likeness (QED) is 0.248. The monoisotopic (exact) mass is 513 g/mol. The summed E-state index contributed by atoms with van der Waals surface area (Å²) in [5.74, 6) is -1.84. The first kappa shape index (κ1) is 26.2. The lowest BCUT2D eigenvalue weighted by molar-refractivity contribution is -0.138. The maximum absolute atomic E-state index is 12.9. The SMILES string of the molecule is Cc1noc(-c2ccc(C(=O)Nc3ccccc3C(C)C(=O)O)cc2)c1NC(=O)OC(C)c1ccccc1. The van der Waals surface area contributed by atoms with E-state index in [9.17, 15) is 19.5 Å². The molecule has 38 heavy (non-hydrogen) atoms. The number of para-hydroxylation sites is 1. The van der Waals surface area contributed by atoms with E-state index in [1.807, 2.05) is 30.3 Å². The average Bonchev–Trinajstić information content (AvgIpc) is 3.28. The summed E-state index contributed by atoms with van der Waals surface area (Å²) in [4.78, 5) is 36.9. The molecule has 2 atom stereocenters. The highest BCUT2D eigenvalue weighted by atomic mass is 16.6. The molecule has 0 fully saturated rings. The number of carbonyl (C=O) groups excluding carboxylic acids is 2. The van der Waals surface area contributed by atoms with Gasteiger partial charge in [-0.3, -0.25) is 14.9 Å².